The van der Waals surface area contributed by atoms with Gasteiger partial charge >= 0.3 is 0 Å². The number of nitrogen functional groups attached to an aromatic ring is 1. The number of hydrogen-bond acceptors (Lipinski definition) is 1. The maximum Gasteiger partial charge on any atom is 0.0108 e. The predicted molar refractivity (Wildman–Crippen MR) is 54.9 cm³/mol. The van der Waals surface area contributed by atoms with Gasteiger partial charge in [0.1, 0.15) is 0 Å². The largest absolute Gasteiger partial charge is 0.420 e. The Balaban J connectivity index is 0.000000245. The number of anilines is 1. The minimum Gasteiger partial charge on any atom is -0.420 e. The molecule has 0 aliphatic heterocycles. The summed E-state index contributed by atoms with van der Waals surface area (Å²) in [6.07, 6.45) is 0. The van der Waals surface area contributed by atoms with Crippen molar-refractivity contribution in [1.82, 2.24) is 0 Å². The van der Waals surface area contributed by atoms with Crippen molar-refractivity contribution in [3.63, 3.8) is 0 Å². The first-order valence-corrected chi connectivity index (χ1v) is 4.13. The smallest absolute Gasteiger partial charge is 0.0108 e. The Hall–Kier alpha value is -0.726. The second-order valence-corrected chi connectivity index (χ2v) is 2.53. The Labute approximate surface area is 114 Å². The fourth-order valence-corrected chi connectivity index (χ4v) is 0.779. The molecule has 1 radical (unpaired) electrons. The second kappa shape index (κ2) is 8.57. The van der Waals surface area contributed by atoms with E-state index in [0.29, 0.717) is 5.69 Å². The van der Waals surface area contributed by atoms with Gasteiger partial charge in [-0.1, -0.05) is 5.69 Å². The van der Waals surface area contributed by atoms with Crippen molar-refractivity contribution in [2.75, 3.05) is 5.73 Å². The SMILES string of the molecule is Fc1[c-]cccc1.Nc1[c-]cccc1.[Y]. The first-order chi connectivity index (χ1) is 6.79. The van der Waals surface area contributed by atoms with Gasteiger partial charge in [-0.05, 0) is 0 Å². The van der Waals surface area contributed by atoms with Gasteiger partial charge in [0, 0.05) is 38.5 Å². The standard InChI is InChI=1S/C6H4F.C6H6N.Y/c2*7-6-4-2-1-3-5-6;/h1-4H;1-4H,7H2;/q2*-1;. The van der Waals surface area contributed by atoms with Crippen molar-refractivity contribution >= 4 is 5.69 Å². The molecule has 3 heteroatoms. The van der Waals surface area contributed by atoms with Crippen LogP contribution in [0.4, 0.5) is 10.1 Å². The quantitative estimate of drug-likeness (QED) is 0.581. The van der Waals surface area contributed by atoms with E-state index in [1.807, 2.05) is 12.1 Å². The van der Waals surface area contributed by atoms with Crippen molar-refractivity contribution in [2.24, 2.45) is 0 Å². The average molecular weight is 276 g/mol. The van der Waals surface area contributed by atoms with Crippen LogP contribution in [-0.2, 0) is 32.7 Å². The van der Waals surface area contributed by atoms with Crippen LogP contribution in [0.2, 0.25) is 0 Å². The van der Waals surface area contributed by atoms with Crippen molar-refractivity contribution in [2.45, 2.75) is 0 Å². The molecule has 0 aliphatic carbocycles. The third-order valence-corrected chi connectivity index (χ3v) is 1.40. The Kier molecular flexibility index (Phi) is 8.16. The number of rotatable bonds is 0. The molecule has 2 rings (SSSR count). The fraction of sp³-hybridized carbons (Fsp3) is 0. The minimum absolute atomic E-state index is 0. The first-order valence-electron chi connectivity index (χ1n) is 4.13. The molecule has 75 valence electrons. The molecule has 2 N–H and O–H groups in total. The molecule has 0 fully saturated rings. The van der Waals surface area contributed by atoms with E-state index in [2.05, 4.69) is 12.1 Å². The molecule has 0 spiro atoms. The van der Waals surface area contributed by atoms with Crippen LogP contribution in [0.5, 0.6) is 0 Å². The summed E-state index contributed by atoms with van der Waals surface area (Å²) in [5.41, 5.74) is 6.00. The monoisotopic (exact) mass is 276 g/mol. The van der Waals surface area contributed by atoms with Crippen LogP contribution in [0, 0.1) is 17.9 Å². The molecule has 0 atom stereocenters. The van der Waals surface area contributed by atoms with Crippen LogP contribution in [0.15, 0.2) is 48.5 Å². The summed E-state index contributed by atoms with van der Waals surface area (Å²) in [5.74, 6) is -0.303. The molecule has 0 heterocycles. The van der Waals surface area contributed by atoms with E-state index in [1.54, 1.807) is 24.3 Å². The second-order valence-electron chi connectivity index (χ2n) is 2.53. The molecule has 0 bridgehead atoms. The zero-order valence-electron chi connectivity index (χ0n) is 8.15. The molecule has 1 nitrogen and oxygen atoms in total. The van der Waals surface area contributed by atoms with Crippen molar-refractivity contribution in [3.05, 3.63) is 66.5 Å². The molecule has 0 aromatic heterocycles. The Bertz CT molecular complexity index is 313. The predicted octanol–water partition coefficient (Wildman–Crippen LogP) is 2.69. The molecule has 0 saturated heterocycles. The molecule has 0 amide bonds. The zero-order chi connectivity index (χ0) is 10.2. The molecule has 2 aromatic rings. The maximum atomic E-state index is 11.9. The average Bonchev–Trinajstić information content (AvgIpc) is 2.21. The number of para-hydroxylation sites is 1. The third-order valence-electron chi connectivity index (χ3n) is 1.40. The van der Waals surface area contributed by atoms with Gasteiger partial charge in [0.2, 0.25) is 0 Å². The number of nitrogens with two attached hydrogens (primary N) is 1. The first kappa shape index (κ1) is 14.3. The Morgan fingerprint density at radius 1 is 0.933 bits per heavy atom. The van der Waals surface area contributed by atoms with Gasteiger partial charge in [-0.25, -0.2) is 4.39 Å². The van der Waals surface area contributed by atoms with Gasteiger partial charge < -0.3 is 5.73 Å². The van der Waals surface area contributed by atoms with Crippen LogP contribution in [-0.4, -0.2) is 0 Å². The van der Waals surface area contributed by atoms with Gasteiger partial charge in [0.25, 0.3) is 0 Å². The summed E-state index contributed by atoms with van der Waals surface area (Å²) >= 11 is 0. The maximum absolute atomic E-state index is 11.9. The zero-order valence-corrected chi connectivity index (χ0v) is 11.0. The Morgan fingerprint density at radius 2 is 1.53 bits per heavy atom. The molecular weight excluding hydrogens is 266 g/mol. The van der Waals surface area contributed by atoms with E-state index in [4.69, 9.17) is 5.73 Å². The molecule has 0 aliphatic rings. The third kappa shape index (κ3) is 7.23. The molecule has 0 saturated carbocycles. The van der Waals surface area contributed by atoms with Gasteiger partial charge in [0.05, 0.1) is 0 Å². The fourth-order valence-electron chi connectivity index (χ4n) is 0.779. The number of hydrogen-bond donors (Lipinski definition) is 1. The summed E-state index contributed by atoms with van der Waals surface area (Å²) in [4.78, 5) is 0. The summed E-state index contributed by atoms with van der Waals surface area (Å²) in [6.45, 7) is 0. The summed E-state index contributed by atoms with van der Waals surface area (Å²) in [7, 11) is 0. The van der Waals surface area contributed by atoms with Crippen molar-refractivity contribution in [1.29, 1.82) is 0 Å². The molecule has 0 unspecified atom stereocenters. The summed E-state index contributed by atoms with van der Waals surface area (Å²) in [6, 6.07) is 18.8. The minimum atomic E-state index is -0.303. The van der Waals surface area contributed by atoms with E-state index in [9.17, 15) is 4.39 Å². The van der Waals surface area contributed by atoms with E-state index < -0.39 is 0 Å². The van der Waals surface area contributed by atoms with Crippen LogP contribution in [0.3, 0.4) is 0 Å². The Morgan fingerprint density at radius 3 is 1.73 bits per heavy atom. The van der Waals surface area contributed by atoms with Crippen LogP contribution >= 0.6 is 0 Å². The number of halogens is 1. The number of benzene rings is 2. The van der Waals surface area contributed by atoms with Gasteiger partial charge in [-0.2, -0.15) is 42.5 Å². The van der Waals surface area contributed by atoms with Gasteiger partial charge in [-0.15, -0.1) is 18.2 Å². The van der Waals surface area contributed by atoms with E-state index in [0.717, 1.165) is 0 Å². The molecule has 2 aromatic carbocycles. The van der Waals surface area contributed by atoms with Crippen molar-refractivity contribution in [3.8, 4) is 0 Å². The van der Waals surface area contributed by atoms with Crippen LogP contribution in [0.1, 0.15) is 0 Å². The summed E-state index contributed by atoms with van der Waals surface area (Å²) in [5, 5.41) is 0. The van der Waals surface area contributed by atoms with Crippen LogP contribution < -0.4 is 5.73 Å². The normalized spacial score (nSPS) is 8.07. The van der Waals surface area contributed by atoms with E-state index in [1.165, 1.54) is 12.1 Å². The van der Waals surface area contributed by atoms with Gasteiger partial charge in [-0.3, -0.25) is 0 Å². The topological polar surface area (TPSA) is 26.0 Å². The van der Waals surface area contributed by atoms with Crippen molar-refractivity contribution < 1.29 is 37.1 Å². The molecule has 15 heavy (non-hydrogen) atoms. The van der Waals surface area contributed by atoms with E-state index in [-0.39, 0.29) is 38.5 Å². The summed E-state index contributed by atoms with van der Waals surface area (Å²) < 4.78 is 11.9. The molecular formula is C12H10FNY-2. The van der Waals surface area contributed by atoms with Gasteiger partial charge in [0.15, 0.2) is 0 Å². The van der Waals surface area contributed by atoms with E-state index >= 15 is 0 Å². The van der Waals surface area contributed by atoms with Crippen LogP contribution in [0.25, 0.3) is 0 Å².